The Kier molecular flexibility index (Phi) is 7.48. The average molecular weight is 340 g/mol. The zero-order chi connectivity index (χ0) is 18.1. The van der Waals surface area contributed by atoms with E-state index >= 15 is 0 Å². The van der Waals surface area contributed by atoms with E-state index < -0.39 is 0 Å². The minimum absolute atomic E-state index is 0.0575. The Bertz CT molecular complexity index is 591. The molecule has 0 heterocycles. The first-order valence-electron chi connectivity index (χ1n) is 8.87. The maximum atomic E-state index is 12.2. The van der Waals surface area contributed by atoms with Crippen LogP contribution in [0.15, 0.2) is 60.7 Å². The van der Waals surface area contributed by atoms with Crippen LogP contribution in [-0.4, -0.2) is 30.3 Å². The minimum Gasteiger partial charge on any atom is -0.396 e. The third-order valence-corrected chi connectivity index (χ3v) is 4.41. The first kappa shape index (κ1) is 19.0. The lowest BCUT2D eigenvalue weighted by atomic mass is 9.86. The molecule has 0 aliphatic carbocycles. The van der Waals surface area contributed by atoms with E-state index in [4.69, 9.17) is 5.11 Å². The molecule has 2 atom stereocenters. The van der Waals surface area contributed by atoms with Crippen LogP contribution in [-0.2, 0) is 0 Å². The third-order valence-electron chi connectivity index (χ3n) is 4.41. The van der Waals surface area contributed by atoms with E-state index in [2.05, 4.69) is 34.9 Å². The Morgan fingerprint density at radius 1 is 0.960 bits per heavy atom. The molecule has 0 spiro atoms. The molecule has 2 aromatic rings. The molecule has 134 valence electrons. The summed E-state index contributed by atoms with van der Waals surface area (Å²) in [5.41, 5.74) is 2.35. The van der Waals surface area contributed by atoms with Crippen LogP contribution in [0.4, 0.5) is 4.79 Å². The molecule has 0 aliphatic heterocycles. The predicted molar refractivity (Wildman–Crippen MR) is 102 cm³/mol. The zero-order valence-corrected chi connectivity index (χ0v) is 15.0. The average Bonchev–Trinajstić information content (AvgIpc) is 2.62. The third kappa shape index (κ3) is 5.91. The highest BCUT2D eigenvalue weighted by molar-refractivity contribution is 5.74. The van der Waals surface area contributed by atoms with E-state index in [1.807, 2.05) is 50.2 Å². The van der Waals surface area contributed by atoms with Crippen LogP contribution in [0.2, 0.25) is 0 Å². The van der Waals surface area contributed by atoms with Crippen molar-refractivity contribution in [1.29, 1.82) is 0 Å². The van der Waals surface area contributed by atoms with E-state index in [0.29, 0.717) is 13.0 Å². The molecule has 4 nitrogen and oxygen atoms in total. The van der Waals surface area contributed by atoms with Gasteiger partial charge in [-0.2, -0.15) is 0 Å². The number of benzene rings is 2. The van der Waals surface area contributed by atoms with Crippen molar-refractivity contribution in [2.45, 2.75) is 32.2 Å². The van der Waals surface area contributed by atoms with Gasteiger partial charge >= 0.3 is 6.03 Å². The highest BCUT2D eigenvalue weighted by atomic mass is 16.3. The van der Waals surface area contributed by atoms with Crippen molar-refractivity contribution in [2.24, 2.45) is 5.92 Å². The maximum absolute atomic E-state index is 12.2. The predicted octanol–water partition coefficient (Wildman–Crippen LogP) is 3.52. The molecule has 0 aliphatic rings. The van der Waals surface area contributed by atoms with Gasteiger partial charge in [-0.05, 0) is 30.4 Å². The van der Waals surface area contributed by atoms with Crippen LogP contribution in [0, 0.1) is 5.92 Å². The van der Waals surface area contributed by atoms with Crippen molar-refractivity contribution in [3.63, 3.8) is 0 Å². The van der Waals surface area contributed by atoms with Crippen LogP contribution < -0.4 is 10.6 Å². The van der Waals surface area contributed by atoms with Crippen LogP contribution in [0.3, 0.4) is 0 Å². The molecule has 2 rings (SSSR count). The van der Waals surface area contributed by atoms with Gasteiger partial charge in [-0.1, -0.05) is 67.6 Å². The van der Waals surface area contributed by atoms with Gasteiger partial charge in [0.1, 0.15) is 0 Å². The summed E-state index contributed by atoms with van der Waals surface area (Å²) < 4.78 is 0. The highest BCUT2D eigenvalue weighted by Crippen LogP contribution is 2.27. The number of nitrogens with one attached hydrogen (secondary N) is 2. The van der Waals surface area contributed by atoms with Crippen LogP contribution in [0.5, 0.6) is 0 Å². The normalized spacial score (nSPS) is 13.3. The Morgan fingerprint density at radius 2 is 1.48 bits per heavy atom. The van der Waals surface area contributed by atoms with E-state index in [1.165, 1.54) is 11.1 Å². The number of aliphatic hydroxyl groups excluding tert-OH is 1. The fourth-order valence-electron chi connectivity index (χ4n) is 3.02. The lowest BCUT2D eigenvalue weighted by molar-refractivity contribution is 0.230. The van der Waals surface area contributed by atoms with Crippen molar-refractivity contribution in [3.8, 4) is 0 Å². The van der Waals surface area contributed by atoms with Crippen LogP contribution >= 0.6 is 0 Å². The summed E-state index contributed by atoms with van der Waals surface area (Å²) in [6, 6.07) is 20.2. The molecule has 0 bridgehead atoms. The Labute approximate surface area is 150 Å². The Hall–Kier alpha value is -2.33. The summed E-state index contributed by atoms with van der Waals surface area (Å²) in [5, 5.41) is 14.9. The van der Waals surface area contributed by atoms with Crippen LogP contribution in [0.25, 0.3) is 0 Å². The number of carbonyl (C=O) groups is 1. The second-order valence-corrected chi connectivity index (χ2v) is 6.56. The molecular formula is C21H28N2O2. The summed E-state index contributed by atoms with van der Waals surface area (Å²) in [5.74, 6) is 0.341. The second kappa shape index (κ2) is 9.84. The maximum Gasteiger partial charge on any atom is 0.315 e. The monoisotopic (exact) mass is 340 g/mol. The van der Waals surface area contributed by atoms with E-state index in [1.54, 1.807) is 0 Å². The fourth-order valence-corrected chi connectivity index (χ4v) is 3.02. The minimum atomic E-state index is -0.172. The lowest BCUT2D eigenvalue weighted by Crippen LogP contribution is -2.44. The van der Waals surface area contributed by atoms with Crippen molar-refractivity contribution in [2.75, 3.05) is 13.2 Å². The zero-order valence-electron chi connectivity index (χ0n) is 15.0. The van der Waals surface area contributed by atoms with Gasteiger partial charge in [-0.3, -0.25) is 0 Å². The first-order valence-corrected chi connectivity index (χ1v) is 8.87. The van der Waals surface area contributed by atoms with Crippen molar-refractivity contribution in [1.82, 2.24) is 10.6 Å². The van der Waals surface area contributed by atoms with Crippen molar-refractivity contribution in [3.05, 3.63) is 71.8 Å². The molecule has 0 saturated carbocycles. The van der Waals surface area contributed by atoms with Crippen molar-refractivity contribution >= 4 is 6.03 Å². The molecular weight excluding hydrogens is 312 g/mol. The summed E-state index contributed by atoms with van der Waals surface area (Å²) in [7, 11) is 0. The number of hydrogen-bond donors (Lipinski definition) is 3. The molecule has 4 heteroatoms. The smallest absolute Gasteiger partial charge is 0.315 e. The van der Waals surface area contributed by atoms with Gasteiger partial charge in [-0.15, -0.1) is 0 Å². The van der Waals surface area contributed by atoms with E-state index in [9.17, 15) is 4.79 Å². The first-order chi connectivity index (χ1) is 12.1. The largest absolute Gasteiger partial charge is 0.396 e. The number of rotatable bonds is 8. The summed E-state index contributed by atoms with van der Waals surface area (Å²) >= 11 is 0. The number of hydrogen-bond acceptors (Lipinski definition) is 2. The highest BCUT2D eigenvalue weighted by Gasteiger charge is 2.22. The molecule has 2 aromatic carbocycles. The number of aliphatic hydroxyl groups is 1. The SMILES string of the molecule is CC(CCO)CNC(=O)NC(C)C(c1ccccc1)c1ccccc1. The molecule has 0 radical (unpaired) electrons. The molecule has 2 amide bonds. The van der Waals surface area contributed by atoms with Gasteiger partial charge < -0.3 is 15.7 Å². The van der Waals surface area contributed by atoms with Crippen LogP contribution in [0.1, 0.15) is 37.3 Å². The van der Waals surface area contributed by atoms with Crippen molar-refractivity contribution < 1.29 is 9.90 Å². The molecule has 2 unspecified atom stereocenters. The Balaban J connectivity index is 2.06. The number of urea groups is 1. The summed E-state index contributed by atoms with van der Waals surface area (Å²) in [6.07, 6.45) is 0.687. The quantitative estimate of drug-likeness (QED) is 0.688. The topological polar surface area (TPSA) is 61.4 Å². The van der Waals surface area contributed by atoms with Gasteiger partial charge in [0.05, 0.1) is 0 Å². The van der Waals surface area contributed by atoms with Gasteiger partial charge in [0.2, 0.25) is 0 Å². The van der Waals surface area contributed by atoms with Gasteiger partial charge in [0, 0.05) is 25.1 Å². The molecule has 0 saturated heterocycles. The molecule has 0 fully saturated rings. The number of amides is 2. The number of carbonyl (C=O) groups excluding carboxylic acids is 1. The standard InChI is InChI=1S/C21H28N2O2/c1-16(13-14-24)15-22-21(25)23-17(2)20(18-9-5-3-6-10-18)19-11-7-4-8-12-19/h3-12,16-17,20,24H,13-15H2,1-2H3,(H2,22,23,25). The van der Waals surface area contributed by atoms with Gasteiger partial charge in [0.15, 0.2) is 0 Å². The lowest BCUT2D eigenvalue weighted by Gasteiger charge is -2.26. The Morgan fingerprint density at radius 3 is 1.96 bits per heavy atom. The summed E-state index contributed by atoms with van der Waals surface area (Å²) in [6.45, 7) is 4.74. The summed E-state index contributed by atoms with van der Waals surface area (Å²) in [4.78, 5) is 12.2. The van der Waals surface area contributed by atoms with E-state index in [0.717, 1.165) is 0 Å². The van der Waals surface area contributed by atoms with E-state index in [-0.39, 0.29) is 30.5 Å². The van der Waals surface area contributed by atoms with Gasteiger partial charge in [-0.25, -0.2) is 4.79 Å². The molecule has 25 heavy (non-hydrogen) atoms. The van der Waals surface area contributed by atoms with Gasteiger partial charge in [0.25, 0.3) is 0 Å². The second-order valence-electron chi connectivity index (χ2n) is 6.56. The fraction of sp³-hybridized carbons (Fsp3) is 0.381. The molecule has 3 N–H and O–H groups in total. The molecule has 0 aromatic heterocycles.